The molecule has 1 aromatic carbocycles. The van der Waals surface area contributed by atoms with E-state index < -0.39 is 17.9 Å². The van der Waals surface area contributed by atoms with Gasteiger partial charge in [-0.15, -0.1) is 0 Å². The van der Waals surface area contributed by atoms with E-state index in [0.717, 1.165) is 41.8 Å². The number of amides is 1. The molecule has 0 saturated heterocycles. The number of rotatable bonds is 6. The molecule has 0 saturated carbocycles. The van der Waals surface area contributed by atoms with Crippen LogP contribution < -0.4 is 5.32 Å². The molecule has 0 radical (unpaired) electrons. The van der Waals surface area contributed by atoms with Crippen molar-refractivity contribution in [3.63, 3.8) is 0 Å². The number of aromatic nitrogens is 2. The summed E-state index contributed by atoms with van der Waals surface area (Å²) >= 11 is 0. The van der Waals surface area contributed by atoms with Gasteiger partial charge in [0.15, 0.2) is 5.69 Å². The monoisotopic (exact) mass is 353 g/mol. The van der Waals surface area contributed by atoms with Gasteiger partial charge >= 0.3 is 5.97 Å². The van der Waals surface area contributed by atoms with Crippen molar-refractivity contribution in [1.82, 2.24) is 15.1 Å². The van der Waals surface area contributed by atoms with E-state index >= 15 is 0 Å². The number of carbonyl (C=O) groups excluding carboxylic acids is 1. The standard InChI is InChI=1S/C20H23N3O3/c1-3-4-7-16(20(25)26)21-19(24)18-15-6-5-8-17(15)23(22-18)14-11-9-13(2)10-12-14/h3-4,9-12,16H,5-8H2,1-2H3,(H,21,24)(H,25,26)/b4-3+. The molecule has 1 heterocycles. The third-order valence-corrected chi connectivity index (χ3v) is 4.63. The van der Waals surface area contributed by atoms with Crippen LogP contribution in [0, 0.1) is 6.92 Å². The van der Waals surface area contributed by atoms with Crippen LogP contribution in [-0.4, -0.2) is 32.8 Å². The second-order valence-electron chi connectivity index (χ2n) is 6.54. The Morgan fingerprint density at radius 2 is 2.04 bits per heavy atom. The van der Waals surface area contributed by atoms with Gasteiger partial charge in [-0.1, -0.05) is 29.8 Å². The lowest BCUT2D eigenvalue weighted by Crippen LogP contribution is -2.40. The van der Waals surface area contributed by atoms with E-state index in [2.05, 4.69) is 10.4 Å². The summed E-state index contributed by atoms with van der Waals surface area (Å²) < 4.78 is 1.82. The van der Waals surface area contributed by atoms with Crippen LogP contribution in [0.15, 0.2) is 36.4 Å². The van der Waals surface area contributed by atoms with E-state index in [1.165, 1.54) is 0 Å². The third-order valence-electron chi connectivity index (χ3n) is 4.63. The molecule has 1 unspecified atom stereocenters. The minimum absolute atomic E-state index is 0.248. The predicted molar refractivity (Wildman–Crippen MR) is 98.6 cm³/mol. The number of hydrogen-bond donors (Lipinski definition) is 2. The normalized spacial score (nSPS) is 14.4. The molecule has 0 aliphatic heterocycles. The zero-order valence-electron chi connectivity index (χ0n) is 15.0. The zero-order valence-corrected chi connectivity index (χ0v) is 15.0. The highest BCUT2D eigenvalue weighted by Crippen LogP contribution is 2.28. The van der Waals surface area contributed by atoms with Crippen molar-refractivity contribution in [2.75, 3.05) is 0 Å². The Morgan fingerprint density at radius 1 is 1.31 bits per heavy atom. The molecule has 136 valence electrons. The molecule has 2 N–H and O–H groups in total. The van der Waals surface area contributed by atoms with Crippen LogP contribution >= 0.6 is 0 Å². The van der Waals surface area contributed by atoms with Crippen LogP contribution in [0.5, 0.6) is 0 Å². The van der Waals surface area contributed by atoms with E-state index in [0.29, 0.717) is 5.69 Å². The second-order valence-corrected chi connectivity index (χ2v) is 6.54. The minimum Gasteiger partial charge on any atom is -0.480 e. The first-order valence-corrected chi connectivity index (χ1v) is 8.84. The average molecular weight is 353 g/mol. The van der Waals surface area contributed by atoms with Gasteiger partial charge in [0.2, 0.25) is 0 Å². The Morgan fingerprint density at radius 3 is 2.69 bits per heavy atom. The van der Waals surface area contributed by atoms with E-state index in [-0.39, 0.29) is 6.42 Å². The fraction of sp³-hybridized carbons (Fsp3) is 0.350. The molecule has 6 nitrogen and oxygen atoms in total. The molecule has 1 aliphatic carbocycles. The van der Waals surface area contributed by atoms with E-state index in [4.69, 9.17) is 0 Å². The molecular formula is C20H23N3O3. The van der Waals surface area contributed by atoms with Gasteiger partial charge in [-0.25, -0.2) is 9.48 Å². The van der Waals surface area contributed by atoms with Gasteiger partial charge < -0.3 is 10.4 Å². The molecule has 0 spiro atoms. The average Bonchev–Trinajstić information content (AvgIpc) is 3.21. The van der Waals surface area contributed by atoms with E-state index in [1.807, 2.05) is 42.8 Å². The SMILES string of the molecule is C/C=C/CC(NC(=O)c1nn(-c2ccc(C)cc2)c2c1CCC2)C(=O)O. The Bertz CT molecular complexity index is 850. The van der Waals surface area contributed by atoms with Crippen molar-refractivity contribution in [3.8, 4) is 5.69 Å². The Balaban J connectivity index is 1.90. The van der Waals surface area contributed by atoms with Crippen molar-refractivity contribution in [3.05, 3.63) is 58.9 Å². The maximum Gasteiger partial charge on any atom is 0.326 e. The molecule has 3 rings (SSSR count). The van der Waals surface area contributed by atoms with Crippen LogP contribution in [0.4, 0.5) is 0 Å². The van der Waals surface area contributed by atoms with E-state index in [9.17, 15) is 14.7 Å². The van der Waals surface area contributed by atoms with Crippen molar-refractivity contribution in [2.45, 2.75) is 45.6 Å². The van der Waals surface area contributed by atoms with Gasteiger partial charge in [-0.3, -0.25) is 4.79 Å². The lowest BCUT2D eigenvalue weighted by molar-refractivity contribution is -0.139. The number of carboxylic acid groups (broad SMARTS) is 1. The highest BCUT2D eigenvalue weighted by molar-refractivity contribution is 5.96. The predicted octanol–water partition coefficient (Wildman–Crippen LogP) is 2.82. The number of allylic oxidation sites excluding steroid dienone is 1. The lowest BCUT2D eigenvalue weighted by Gasteiger charge is -2.12. The molecular weight excluding hydrogens is 330 g/mol. The number of aryl methyl sites for hydroxylation is 1. The Kier molecular flexibility index (Phi) is 5.21. The minimum atomic E-state index is -1.05. The first-order chi connectivity index (χ1) is 12.5. The molecule has 2 aromatic rings. The third kappa shape index (κ3) is 3.54. The van der Waals surface area contributed by atoms with Crippen LogP contribution in [-0.2, 0) is 17.6 Å². The molecule has 1 atom stereocenters. The molecule has 0 fully saturated rings. The Hall–Kier alpha value is -2.89. The number of aliphatic carboxylic acids is 1. The van der Waals surface area contributed by atoms with Crippen LogP contribution in [0.2, 0.25) is 0 Å². The van der Waals surface area contributed by atoms with Crippen LogP contribution in [0.1, 0.15) is 47.1 Å². The van der Waals surface area contributed by atoms with Crippen molar-refractivity contribution >= 4 is 11.9 Å². The smallest absolute Gasteiger partial charge is 0.326 e. The fourth-order valence-electron chi connectivity index (χ4n) is 3.24. The van der Waals surface area contributed by atoms with Crippen LogP contribution in [0.3, 0.4) is 0 Å². The van der Waals surface area contributed by atoms with Gasteiger partial charge in [0.05, 0.1) is 5.69 Å². The zero-order chi connectivity index (χ0) is 18.7. The molecule has 0 bridgehead atoms. The highest BCUT2D eigenvalue weighted by Gasteiger charge is 2.29. The van der Waals surface area contributed by atoms with Gasteiger partial charge in [-0.05, 0) is 51.7 Å². The van der Waals surface area contributed by atoms with Gasteiger partial charge in [0, 0.05) is 11.3 Å². The van der Waals surface area contributed by atoms with Gasteiger partial charge in [0.25, 0.3) is 5.91 Å². The summed E-state index contributed by atoms with van der Waals surface area (Å²) in [5, 5.41) is 16.4. The molecule has 26 heavy (non-hydrogen) atoms. The van der Waals surface area contributed by atoms with Gasteiger partial charge in [-0.2, -0.15) is 5.10 Å². The summed E-state index contributed by atoms with van der Waals surface area (Å²) in [5.74, 6) is -1.48. The number of hydrogen-bond acceptors (Lipinski definition) is 3. The Labute approximate surface area is 152 Å². The topological polar surface area (TPSA) is 84.2 Å². The number of nitrogens with zero attached hydrogens (tertiary/aromatic N) is 2. The summed E-state index contributed by atoms with van der Waals surface area (Å²) in [4.78, 5) is 24.1. The highest BCUT2D eigenvalue weighted by atomic mass is 16.4. The molecule has 1 amide bonds. The molecule has 1 aromatic heterocycles. The van der Waals surface area contributed by atoms with Gasteiger partial charge in [0.1, 0.15) is 6.04 Å². The quantitative estimate of drug-likeness (QED) is 0.782. The number of benzene rings is 1. The van der Waals surface area contributed by atoms with E-state index in [1.54, 1.807) is 12.2 Å². The first kappa shape index (κ1) is 17.9. The van der Waals surface area contributed by atoms with Crippen molar-refractivity contribution < 1.29 is 14.7 Å². The number of carboxylic acids is 1. The second kappa shape index (κ2) is 7.56. The number of nitrogens with one attached hydrogen (secondary N) is 1. The maximum atomic E-state index is 12.7. The summed E-state index contributed by atoms with van der Waals surface area (Å²) in [7, 11) is 0. The molecule has 6 heteroatoms. The number of carbonyl (C=O) groups is 2. The summed E-state index contributed by atoms with van der Waals surface area (Å²) in [6.45, 7) is 3.84. The maximum absolute atomic E-state index is 12.7. The fourth-order valence-corrected chi connectivity index (χ4v) is 3.24. The lowest BCUT2D eigenvalue weighted by atomic mass is 10.1. The molecule has 1 aliphatic rings. The van der Waals surface area contributed by atoms with Crippen LogP contribution in [0.25, 0.3) is 5.69 Å². The van der Waals surface area contributed by atoms with Crippen molar-refractivity contribution in [1.29, 1.82) is 0 Å². The number of fused-ring (bicyclic) bond motifs is 1. The first-order valence-electron chi connectivity index (χ1n) is 8.84. The largest absolute Gasteiger partial charge is 0.480 e. The summed E-state index contributed by atoms with van der Waals surface area (Å²) in [6, 6.07) is 7.02. The van der Waals surface area contributed by atoms with Crippen molar-refractivity contribution in [2.24, 2.45) is 0 Å². The summed E-state index contributed by atoms with van der Waals surface area (Å²) in [5.41, 5.74) is 4.38. The summed E-state index contributed by atoms with van der Waals surface area (Å²) in [6.07, 6.45) is 6.37.